The quantitative estimate of drug-likeness (QED) is 0.921. The van der Waals surface area contributed by atoms with E-state index < -0.39 is 0 Å². The van der Waals surface area contributed by atoms with Crippen LogP contribution in [0.25, 0.3) is 0 Å². The summed E-state index contributed by atoms with van der Waals surface area (Å²) >= 11 is 0. The summed E-state index contributed by atoms with van der Waals surface area (Å²) in [6.45, 7) is 4.01. The third-order valence-electron chi connectivity index (χ3n) is 3.84. The molecule has 0 amide bonds. The highest BCUT2D eigenvalue weighted by Gasteiger charge is 2.25. The van der Waals surface area contributed by atoms with E-state index in [0.717, 1.165) is 24.5 Å². The van der Waals surface area contributed by atoms with Gasteiger partial charge >= 0.3 is 0 Å². The van der Waals surface area contributed by atoms with Gasteiger partial charge in [-0.1, -0.05) is 0 Å². The molecular formula is C14H20N4O. The van der Waals surface area contributed by atoms with Crippen LogP contribution in [-0.4, -0.2) is 14.8 Å². The van der Waals surface area contributed by atoms with E-state index in [1.54, 1.807) is 6.20 Å². The van der Waals surface area contributed by atoms with E-state index in [9.17, 15) is 0 Å². The van der Waals surface area contributed by atoms with E-state index in [-0.39, 0.29) is 6.04 Å². The number of nitrogens with one attached hydrogen (secondary N) is 1. The fourth-order valence-electron chi connectivity index (χ4n) is 2.82. The fourth-order valence-corrected chi connectivity index (χ4v) is 2.82. The SMILES string of the molecule is Cc1cnc(C(C)NC2CCCc3c2cnn3C)o1. The maximum Gasteiger partial charge on any atom is 0.211 e. The summed E-state index contributed by atoms with van der Waals surface area (Å²) in [6.07, 6.45) is 7.21. The lowest BCUT2D eigenvalue weighted by atomic mass is 9.92. The minimum atomic E-state index is 0.116. The lowest BCUT2D eigenvalue weighted by molar-refractivity contribution is 0.351. The molecular weight excluding hydrogens is 240 g/mol. The van der Waals surface area contributed by atoms with Gasteiger partial charge < -0.3 is 4.42 Å². The second-order valence-corrected chi connectivity index (χ2v) is 5.31. The lowest BCUT2D eigenvalue weighted by Crippen LogP contribution is -2.28. The van der Waals surface area contributed by atoms with Crippen molar-refractivity contribution in [2.24, 2.45) is 7.05 Å². The molecule has 0 aromatic carbocycles. The molecule has 1 N–H and O–H groups in total. The van der Waals surface area contributed by atoms with Crippen LogP contribution in [0.15, 0.2) is 16.8 Å². The van der Waals surface area contributed by atoms with E-state index in [0.29, 0.717) is 6.04 Å². The second kappa shape index (κ2) is 4.81. The van der Waals surface area contributed by atoms with Crippen molar-refractivity contribution in [3.05, 3.63) is 35.3 Å². The molecule has 0 bridgehead atoms. The van der Waals surface area contributed by atoms with Crippen molar-refractivity contribution in [3.8, 4) is 0 Å². The highest BCUT2D eigenvalue weighted by atomic mass is 16.4. The van der Waals surface area contributed by atoms with Gasteiger partial charge in [-0.05, 0) is 33.1 Å². The summed E-state index contributed by atoms with van der Waals surface area (Å²) < 4.78 is 7.57. The van der Waals surface area contributed by atoms with Gasteiger partial charge in [0, 0.05) is 24.3 Å². The third kappa shape index (κ3) is 2.30. The minimum Gasteiger partial charge on any atom is -0.444 e. The zero-order valence-electron chi connectivity index (χ0n) is 11.7. The summed E-state index contributed by atoms with van der Waals surface area (Å²) in [5, 5.41) is 7.98. The zero-order valence-corrected chi connectivity index (χ0v) is 11.7. The lowest BCUT2D eigenvalue weighted by Gasteiger charge is -2.26. The molecule has 2 unspecified atom stereocenters. The summed E-state index contributed by atoms with van der Waals surface area (Å²) in [5.41, 5.74) is 2.67. The maximum absolute atomic E-state index is 5.59. The van der Waals surface area contributed by atoms with Gasteiger partial charge in [0.15, 0.2) is 0 Å². The van der Waals surface area contributed by atoms with Crippen molar-refractivity contribution < 1.29 is 4.42 Å². The van der Waals surface area contributed by atoms with Gasteiger partial charge in [0.2, 0.25) is 5.89 Å². The van der Waals surface area contributed by atoms with Crippen LogP contribution in [0.2, 0.25) is 0 Å². The molecule has 0 radical (unpaired) electrons. The van der Waals surface area contributed by atoms with Gasteiger partial charge in [-0.15, -0.1) is 0 Å². The monoisotopic (exact) mass is 260 g/mol. The number of hydrogen-bond acceptors (Lipinski definition) is 4. The normalized spacial score (nSPS) is 20.3. The van der Waals surface area contributed by atoms with E-state index in [1.807, 2.05) is 24.9 Å². The molecule has 1 aliphatic rings. The Labute approximate surface area is 113 Å². The second-order valence-electron chi connectivity index (χ2n) is 5.31. The van der Waals surface area contributed by atoms with Gasteiger partial charge in [0.05, 0.1) is 18.4 Å². The minimum absolute atomic E-state index is 0.116. The molecule has 1 aliphatic carbocycles. The molecule has 2 aromatic rings. The molecule has 5 nitrogen and oxygen atoms in total. The van der Waals surface area contributed by atoms with Crippen LogP contribution < -0.4 is 5.32 Å². The van der Waals surface area contributed by atoms with Crippen LogP contribution in [-0.2, 0) is 13.5 Å². The van der Waals surface area contributed by atoms with Crippen LogP contribution >= 0.6 is 0 Å². The molecule has 2 aromatic heterocycles. The Hall–Kier alpha value is -1.62. The van der Waals surface area contributed by atoms with Gasteiger partial charge in [0.25, 0.3) is 0 Å². The number of rotatable bonds is 3. The van der Waals surface area contributed by atoms with Crippen LogP contribution in [0.4, 0.5) is 0 Å². The Bertz CT molecular complexity index is 572. The number of aryl methyl sites for hydroxylation is 2. The van der Waals surface area contributed by atoms with Crippen molar-refractivity contribution in [2.45, 2.75) is 45.2 Å². The molecule has 102 valence electrons. The van der Waals surface area contributed by atoms with E-state index in [1.165, 1.54) is 17.7 Å². The Balaban J connectivity index is 1.77. The molecule has 5 heteroatoms. The molecule has 3 rings (SSSR count). The summed E-state index contributed by atoms with van der Waals surface area (Å²) in [4.78, 5) is 4.29. The highest BCUT2D eigenvalue weighted by molar-refractivity contribution is 5.25. The molecule has 19 heavy (non-hydrogen) atoms. The number of fused-ring (bicyclic) bond motifs is 1. The average molecular weight is 260 g/mol. The zero-order chi connectivity index (χ0) is 13.4. The van der Waals surface area contributed by atoms with E-state index in [4.69, 9.17) is 4.42 Å². The molecule has 2 atom stereocenters. The fraction of sp³-hybridized carbons (Fsp3) is 0.571. The van der Waals surface area contributed by atoms with Crippen LogP contribution in [0, 0.1) is 6.92 Å². The smallest absolute Gasteiger partial charge is 0.211 e. The van der Waals surface area contributed by atoms with Gasteiger partial charge in [-0.2, -0.15) is 5.10 Å². The molecule has 0 aliphatic heterocycles. The average Bonchev–Trinajstić information content (AvgIpc) is 2.98. The van der Waals surface area contributed by atoms with Crippen LogP contribution in [0.1, 0.15) is 54.8 Å². The predicted molar refractivity (Wildman–Crippen MR) is 71.7 cm³/mol. The Morgan fingerprint density at radius 1 is 1.47 bits per heavy atom. The highest BCUT2D eigenvalue weighted by Crippen LogP contribution is 2.31. The van der Waals surface area contributed by atoms with Crippen LogP contribution in [0.3, 0.4) is 0 Å². The number of nitrogens with zero attached hydrogens (tertiary/aromatic N) is 3. The van der Waals surface area contributed by atoms with Gasteiger partial charge in [0.1, 0.15) is 5.76 Å². The summed E-state index contributed by atoms with van der Waals surface area (Å²) in [5.74, 6) is 1.61. The molecule has 0 fully saturated rings. The maximum atomic E-state index is 5.59. The van der Waals surface area contributed by atoms with Crippen molar-refractivity contribution in [1.29, 1.82) is 0 Å². The Kier molecular flexibility index (Phi) is 3.14. The van der Waals surface area contributed by atoms with E-state index in [2.05, 4.69) is 22.3 Å². The molecule has 2 heterocycles. The Morgan fingerprint density at radius 2 is 2.32 bits per heavy atom. The van der Waals surface area contributed by atoms with Gasteiger partial charge in [-0.3, -0.25) is 10.00 Å². The largest absolute Gasteiger partial charge is 0.444 e. The Morgan fingerprint density at radius 3 is 3.05 bits per heavy atom. The first-order chi connectivity index (χ1) is 9.15. The van der Waals surface area contributed by atoms with Crippen LogP contribution in [0.5, 0.6) is 0 Å². The molecule has 0 saturated carbocycles. The first-order valence-electron chi connectivity index (χ1n) is 6.84. The molecule has 0 saturated heterocycles. The van der Waals surface area contributed by atoms with Crippen molar-refractivity contribution in [1.82, 2.24) is 20.1 Å². The van der Waals surface area contributed by atoms with Gasteiger partial charge in [-0.25, -0.2) is 4.98 Å². The van der Waals surface area contributed by atoms with E-state index >= 15 is 0 Å². The van der Waals surface area contributed by atoms with Crippen molar-refractivity contribution in [3.63, 3.8) is 0 Å². The molecule has 0 spiro atoms. The van der Waals surface area contributed by atoms with Crippen molar-refractivity contribution in [2.75, 3.05) is 0 Å². The summed E-state index contributed by atoms with van der Waals surface area (Å²) in [7, 11) is 2.02. The first-order valence-corrected chi connectivity index (χ1v) is 6.84. The third-order valence-corrected chi connectivity index (χ3v) is 3.84. The van der Waals surface area contributed by atoms with Crippen molar-refractivity contribution >= 4 is 0 Å². The topological polar surface area (TPSA) is 55.9 Å². The predicted octanol–water partition coefficient (Wildman–Crippen LogP) is 2.44. The number of oxazole rings is 1. The number of aromatic nitrogens is 3. The summed E-state index contributed by atoms with van der Waals surface area (Å²) in [6, 6.07) is 0.463. The number of hydrogen-bond donors (Lipinski definition) is 1. The standard InChI is InChI=1S/C14H20N4O/c1-9-7-15-14(19-9)10(2)17-12-5-4-6-13-11(12)8-16-18(13)3/h7-8,10,12,17H,4-6H2,1-3H3. The first kappa shape index (κ1) is 12.4.